The standard InChI is InChI=1S/C22H21N3O3/c26-21(14-25-15-23-20-9-5-4-8-19(20)22(25)27)24-16-10-12-18(13-11-16)28-17-6-2-1-3-7-17/h1-3,6-7,10-13,15H,4-5,8-9,14H2,(H,24,26). The molecule has 6 nitrogen and oxygen atoms in total. The molecule has 142 valence electrons. The number of fused-ring (bicyclic) bond motifs is 1. The third kappa shape index (κ3) is 4.11. The summed E-state index contributed by atoms with van der Waals surface area (Å²) < 4.78 is 7.12. The number of anilines is 1. The first-order chi connectivity index (χ1) is 13.7. The van der Waals surface area contributed by atoms with Gasteiger partial charge >= 0.3 is 0 Å². The fraction of sp³-hybridized carbons (Fsp3) is 0.227. The van der Waals surface area contributed by atoms with Crippen LogP contribution in [0.3, 0.4) is 0 Å². The lowest BCUT2D eigenvalue weighted by molar-refractivity contribution is -0.116. The molecule has 0 atom stereocenters. The van der Waals surface area contributed by atoms with Crippen molar-refractivity contribution in [1.82, 2.24) is 9.55 Å². The van der Waals surface area contributed by atoms with Crippen LogP contribution in [-0.4, -0.2) is 15.5 Å². The van der Waals surface area contributed by atoms with Gasteiger partial charge < -0.3 is 10.1 Å². The van der Waals surface area contributed by atoms with Gasteiger partial charge in [-0.25, -0.2) is 4.98 Å². The normalized spacial score (nSPS) is 12.9. The Morgan fingerprint density at radius 3 is 2.50 bits per heavy atom. The minimum absolute atomic E-state index is 0.0542. The van der Waals surface area contributed by atoms with Gasteiger partial charge in [-0.15, -0.1) is 0 Å². The van der Waals surface area contributed by atoms with Crippen LogP contribution < -0.4 is 15.6 Å². The summed E-state index contributed by atoms with van der Waals surface area (Å²) in [5.74, 6) is 1.16. The molecule has 0 unspecified atom stereocenters. The third-order valence-corrected chi connectivity index (χ3v) is 4.74. The summed E-state index contributed by atoms with van der Waals surface area (Å²) in [6.45, 7) is -0.0542. The van der Waals surface area contributed by atoms with Crippen molar-refractivity contribution in [1.29, 1.82) is 0 Å². The number of carbonyl (C=O) groups excluding carboxylic acids is 1. The maximum atomic E-state index is 12.5. The van der Waals surface area contributed by atoms with Gasteiger partial charge in [-0.3, -0.25) is 14.2 Å². The quantitative estimate of drug-likeness (QED) is 0.740. The molecule has 4 rings (SSSR count). The summed E-state index contributed by atoms with van der Waals surface area (Å²) in [7, 11) is 0. The molecule has 1 amide bonds. The molecule has 28 heavy (non-hydrogen) atoms. The number of nitrogens with zero attached hydrogens (tertiary/aromatic N) is 2. The Morgan fingerprint density at radius 2 is 1.71 bits per heavy atom. The van der Waals surface area contributed by atoms with Gasteiger partial charge in [-0.1, -0.05) is 18.2 Å². The third-order valence-electron chi connectivity index (χ3n) is 4.74. The van der Waals surface area contributed by atoms with E-state index < -0.39 is 0 Å². The molecule has 1 N–H and O–H groups in total. The predicted molar refractivity (Wildman–Crippen MR) is 107 cm³/mol. The number of aromatic nitrogens is 2. The van der Waals surface area contributed by atoms with Crippen LogP contribution in [0.1, 0.15) is 24.1 Å². The molecule has 1 aliphatic carbocycles. The monoisotopic (exact) mass is 375 g/mol. The second kappa shape index (κ2) is 8.08. The maximum Gasteiger partial charge on any atom is 0.257 e. The van der Waals surface area contributed by atoms with Crippen molar-refractivity contribution < 1.29 is 9.53 Å². The van der Waals surface area contributed by atoms with Crippen LogP contribution in [0.25, 0.3) is 0 Å². The molecule has 6 heteroatoms. The van der Waals surface area contributed by atoms with E-state index in [9.17, 15) is 9.59 Å². The van der Waals surface area contributed by atoms with Crippen LogP contribution in [0.5, 0.6) is 11.5 Å². The summed E-state index contributed by atoms with van der Waals surface area (Å²) in [6.07, 6.45) is 5.12. The van der Waals surface area contributed by atoms with E-state index in [0.717, 1.165) is 42.7 Å². The van der Waals surface area contributed by atoms with Gasteiger partial charge in [0.2, 0.25) is 5.91 Å². The van der Waals surface area contributed by atoms with Crippen molar-refractivity contribution in [2.45, 2.75) is 32.2 Å². The van der Waals surface area contributed by atoms with Crippen LogP contribution in [0.15, 0.2) is 65.7 Å². The summed E-state index contributed by atoms with van der Waals surface area (Å²) in [4.78, 5) is 29.3. The maximum absolute atomic E-state index is 12.5. The van der Waals surface area contributed by atoms with Crippen LogP contribution in [0, 0.1) is 0 Å². The van der Waals surface area contributed by atoms with Crippen molar-refractivity contribution >= 4 is 11.6 Å². The molecule has 0 saturated carbocycles. The topological polar surface area (TPSA) is 73.2 Å². The summed E-state index contributed by atoms with van der Waals surface area (Å²) in [5, 5.41) is 2.81. The lowest BCUT2D eigenvalue weighted by atomic mass is 9.97. The van der Waals surface area contributed by atoms with Crippen LogP contribution in [0.4, 0.5) is 5.69 Å². The Morgan fingerprint density at radius 1 is 1.00 bits per heavy atom. The molecule has 2 aromatic carbocycles. The van der Waals surface area contributed by atoms with Gasteiger partial charge in [0.05, 0.1) is 12.0 Å². The number of aryl methyl sites for hydroxylation is 1. The predicted octanol–water partition coefficient (Wildman–Crippen LogP) is 3.55. The number of amides is 1. The van der Waals surface area contributed by atoms with E-state index >= 15 is 0 Å². The van der Waals surface area contributed by atoms with Crippen LogP contribution in [0.2, 0.25) is 0 Å². The van der Waals surface area contributed by atoms with Gasteiger partial charge in [0.25, 0.3) is 5.56 Å². The smallest absolute Gasteiger partial charge is 0.257 e. The van der Waals surface area contributed by atoms with E-state index in [2.05, 4.69) is 10.3 Å². The van der Waals surface area contributed by atoms with Gasteiger partial charge in [0.15, 0.2) is 0 Å². The molecule has 0 bridgehead atoms. The van der Waals surface area contributed by atoms with Crippen molar-refractivity contribution in [3.05, 3.63) is 82.5 Å². The lowest BCUT2D eigenvalue weighted by Gasteiger charge is -2.15. The molecule has 0 aliphatic heterocycles. The number of nitrogens with one attached hydrogen (secondary N) is 1. The average molecular weight is 375 g/mol. The Balaban J connectivity index is 1.39. The fourth-order valence-corrected chi connectivity index (χ4v) is 3.33. The molecular weight excluding hydrogens is 354 g/mol. The fourth-order valence-electron chi connectivity index (χ4n) is 3.33. The number of para-hydroxylation sites is 1. The van der Waals surface area contributed by atoms with E-state index in [4.69, 9.17) is 4.74 Å². The zero-order valence-electron chi connectivity index (χ0n) is 15.4. The molecule has 0 saturated heterocycles. The Kier molecular flexibility index (Phi) is 5.19. The van der Waals surface area contributed by atoms with E-state index in [0.29, 0.717) is 11.4 Å². The largest absolute Gasteiger partial charge is 0.457 e. The summed E-state index contributed by atoms with van der Waals surface area (Å²) in [6, 6.07) is 16.6. The molecule has 1 aliphatic rings. The average Bonchev–Trinajstić information content (AvgIpc) is 2.72. The van der Waals surface area contributed by atoms with Gasteiger partial charge in [-0.2, -0.15) is 0 Å². The van der Waals surface area contributed by atoms with E-state index in [1.807, 2.05) is 30.3 Å². The summed E-state index contributed by atoms with van der Waals surface area (Å²) >= 11 is 0. The highest BCUT2D eigenvalue weighted by Gasteiger charge is 2.16. The minimum atomic E-state index is -0.267. The van der Waals surface area contributed by atoms with Gasteiger partial charge in [0.1, 0.15) is 18.0 Å². The first-order valence-electron chi connectivity index (χ1n) is 9.39. The highest BCUT2D eigenvalue weighted by atomic mass is 16.5. The minimum Gasteiger partial charge on any atom is -0.457 e. The SMILES string of the molecule is O=C(Cn1cnc2c(c1=O)CCCC2)Nc1ccc(Oc2ccccc2)cc1. The second-order valence-corrected chi connectivity index (χ2v) is 6.80. The van der Waals surface area contributed by atoms with Crippen LogP contribution >= 0.6 is 0 Å². The van der Waals surface area contributed by atoms with Gasteiger partial charge in [0, 0.05) is 11.3 Å². The molecule has 1 aromatic heterocycles. The van der Waals surface area contributed by atoms with Crippen molar-refractivity contribution in [3.8, 4) is 11.5 Å². The molecule has 3 aromatic rings. The van der Waals surface area contributed by atoms with Crippen molar-refractivity contribution in [2.24, 2.45) is 0 Å². The van der Waals surface area contributed by atoms with Crippen molar-refractivity contribution in [3.63, 3.8) is 0 Å². The molecule has 0 radical (unpaired) electrons. The van der Waals surface area contributed by atoms with Crippen LogP contribution in [-0.2, 0) is 24.2 Å². The van der Waals surface area contributed by atoms with Crippen molar-refractivity contribution in [2.75, 3.05) is 5.32 Å². The Bertz CT molecular complexity index is 1030. The van der Waals surface area contributed by atoms with E-state index in [1.54, 1.807) is 24.3 Å². The van der Waals surface area contributed by atoms with E-state index in [1.165, 1.54) is 10.9 Å². The molecular formula is C22H21N3O3. The first kappa shape index (κ1) is 18.0. The number of benzene rings is 2. The number of hydrogen-bond acceptors (Lipinski definition) is 4. The number of hydrogen-bond donors (Lipinski definition) is 1. The number of rotatable bonds is 5. The zero-order chi connectivity index (χ0) is 19.3. The zero-order valence-corrected chi connectivity index (χ0v) is 15.4. The first-order valence-corrected chi connectivity index (χ1v) is 9.39. The Labute approximate surface area is 162 Å². The summed E-state index contributed by atoms with van der Waals surface area (Å²) in [5.41, 5.74) is 2.17. The highest BCUT2D eigenvalue weighted by molar-refractivity contribution is 5.90. The van der Waals surface area contributed by atoms with E-state index in [-0.39, 0.29) is 18.0 Å². The number of ether oxygens (including phenoxy) is 1. The molecule has 0 fully saturated rings. The molecule has 1 heterocycles. The highest BCUT2D eigenvalue weighted by Crippen LogP contribution is 2.22. The van der Waals surface area contributed by atoms with Gasteiger partial charge in [-0.05, 0) is 62.1 Å². The second-order valence-electron chi connectivity index (χ2n) is 6.80. The molecule has 0 spiro atoms. The number of carbonyl (C=O) groups is 1. The lowest BCUT2D eigenvalue weighted by Crippen LogP contribution is -2.32. The Hall–Kier alpha value is -3.41.